The van der Waals surface area contributed by atoms with Crippen LogP contribution in [-0.2, 0) is 6.54 Å². The second-order valence-corrected chi connectivity index (χ2v) is 7.59. The maximum atomic E-state index is 12.4. The van der Waals surface area contributed by atoms with E-state index in [1.54, 1.807) is 22.8 Å². The minimum absolute atomic E-state index is 0.0572. The van der Waals surface area contributed by atoms with E-state index in [0.29, 0.717) is 30.5 Å². The summed E-state index contributed by atoms with van der Waals surface area (Å²) in [6.07, 6.45) is 0.412. The summed E-state index contributed by atoms with van der Waals surface area (Å²) in [5, 5.41) is 9.88. The summed E-state index contributed by atoms with van der Waals surface area (Å²) in [5.41, 5.74) is 1.08. The van der Waals surface area contributed by atoms with Crippen molar-refractivity contribution in [1.82, 2.24) is 19.4 Å². The summed E-state index contributed by atoms with van der Waals surface area (Å²) in [5.74, 6) is 0.0572. The lowest BCUT2D eigenvalue weighted by Gasteiger charge is -2.36. The van der Waals surface area contributed by atoms with E-state index in [0.717, 1.165) is 38.0 Å². The minimum Gasteiger partial charge on any atom is -0.506 e. The number of hydrogen-bond donors (Lipinski definition) is 2. The van der Waals surface area contributed by atoms with Gasteiger partial charge in [0.15, 0.2) is 0 Å². The molecule has 3 rings (SSSR count). The van der Waals surface area contributed by atoms with Gasteiger partial charge in [-0.2, -0.15) is 13.2 Å². The standard InChI is InChI=1S/C22H27F3N4O2/c1-16(22(23,24)25)6-3-4-7-17(2)28-13-10-27(11-14-28)12-15-29-18-8-5-9-19(30)20(18)26-21(29)31/h3,5-9,30H,1,4,10-15H2,2H3,(H,26,31)/b6-3-,17-7+. The molecule has 1 aliphatic rings. The Morgan fingerprint density at radius 2 is 1.94 bits per heavy atom. The number of benzene rings is 1. The number of phenolic OH excluding ortho intramolecular Hbond substituents is 1. The average Bonchev–Trinajstić information content (AvgIpc) is 3.05. The third-order valence-electron chi connectivity index (χ3n) is 5.53. The quantitative estimate of drug-likeness (QED) is 0.651. The summed E-state index contributed by atoms with van der Waals surface area (Å²) >= 11 is 0. The van der Waals surface area contributed by atoms with E-state index in [9.17, 15) is 23.1 Å². The Morgan fingerprint density at radius 3 is 2.61 bits per heavy atom. The number of hydrogen-bond acceptors (Lipinski definition) is 4. The normalized spacial score (nSPS) is 16.5. The molecule has 2 heterocycles. The van der Waals surface area contributed by atoms with Gasteiger partial charge in [-0.3, -0.25) is 9.47 Å². The highest BCUT2D eigenvalue weighted by Crippen LogP contribution is 2.25. The third-order valence-corrected chi connectivity index (χ3v) is 5.53. The molecule has 2 aromatic rings. The van der Waals surface area contributed by atoms with Gasteiger partial charge in [0.05, 0.1) is 5.52 Å². The minimum atomic E-state index is -4.39. The van der Waals surface area contributed by atoms with Gasteiger partial charge < -0.3 is 15.0 Å². The zero-order valence-corrected chi connectivity index (χ0v) is 17.5. The molecule has 0 saturated carbocycles. The molecule has 0 radical (unpaired) electrons. The molecule has 168 valence electrons. The van der Waals surface area contributed by atoms with E-state index < -0.39 is 11.7 Å². The van der Waals surface area contributed by atoms with Crippen LogP contribution in [0.1, 0.15) is 13.3 Å². The number of para-hydroxylation sites is 1. The molecule has 2 N–H and O–H groups in total. The van der Waals surface area contributed by atoms with Crippen molar-refractivity contribution >= 4 is 11.0 Å². The van der Waals surface area contributed by atoms with E-state index in [-0.39, 0.29) is 11.4 Å². The summed E-state index contributed by atoms with van der Waals surface area (Å²) < 4.78 is 38.9. The smallest absolute Gasteiger partial charge is 0.415 e. The number of phenols is 1. The van der Waals surface area contributed by atoms with Crippen LogP contribution in [-0.4, -0.2) is 63.4 Å². The molecule has 0 aliphatic carbocycles. The van der Waals surface area contributed by atoms with Crippen molar-refractivity contribution in [3.05, 3.63) is 64.8 Å². The van der Waals surface area contributed by atoms with Crippen molar-refractivity contribution in [1.29, 1.82) is 0 Å². The average molecular weight is 436 g/mol. The highest BCUT2D eigenvalue weighted by molar-refractivity contribution is 5.81. The molecule has 1 saturated heterocycles. The number of nitrogens with zero attached hydrogens (tertiary/aromatic N) is 3. The van der Waals surface area contributed by atoms with Crippen LogP contribution >= 0.6 is 0 Å². The second-order valence-electron chi connectivity index (χ2n) is 7.59. The van der Waals surface area contributed by atoms with Gasteiger partial charge in [0.1, 0.15) is 11.3 Å². The van der Waals surface area contributed by atoms with Gasteiger partial charge >= 0.3 is 11.9 Å². The number of H-pyrrole nitrogens is 1. The van der Waals surface area contributed by atoms with E-state index in [1.165, 1.54) is 6.08 Å². The van der Waals surface area contributed by atoms with Crippen molar-refractivity contribution < 1.29 is 18.3 Å². The first kappa shape index (κ1) is 22.7. The van der Waals surface area contributed by atoms with Gasteiger partial charge in [-0.25, -0.2) is 4.79 Å². The fourth-order valence-corrected chi connectivity index (χ4v) is 3.63. The SMILES string of the molecule is C=C(/C=C\C/C=C(\C)N1CCN(CCn2c(=O)[nH]c3c(O)cccc32)CC1)C(F)(F)F. The Kier molecular flexibility index (Phi) is 6.94. The molecule has 0 amide bonds. The number of imidazole rings is 1. The zero-order valence-electron chi connectivity index (χ0n) is 17.5. The predicted octanol–water partition coefficient (Wildman–Crippen LogP) is 3.62. The maximum absolute atomic E-state index is 12.4. The number of alkyl halides is 3. The van der Waals surface area contributed by atoms with E-state index >= 15 is 0 Å². The molecule has 31 heavy (non-hydrogen) atoms. The van der Waals surface area contributed by atoms with Crippen LogP contribution < -0.4 is 5.69 Å². The molecule has 0 atom stereocenters. The molecule has 0 spiro atoms. The zero-order chi connectivity index (χ0) is 22.6. The number of aromatic hydroxyl groups is 1. The number of halogens is 3. The van der Waals surface area contributed by atoms with Crippen molar-refractivity contribution in [2.24, 2.45) is 0 Å². The Labute approximate surface area is 178 Å². The number of rotatable bonds is 7. The number of piperazine rings is 1. The first-order valence-electron chi connectivity index (χ1n) is 10.1. The lowest BCUT2D eigenvalue weighted by atomic mass is 10.2. The maximum Gasteiger partial charge on any atom is 0.415 e. The molecular weight excluding hydrogens is 409 g/mol. The summed E-state index contributed by atoms with van der Waals surface area (Å²) in [6, 6.07) is 5.06. The van der Waals surface area contributed by atoms with Gasteiger partial charge in [0, 0.05) is 50.5 Å². The molecule has 1 aromatic carbocycles. The van der Waals surface area contributed by atoms with Crippen LogP contribution in [0.15, 0.2) is 59.1 Å². The van der Waals surface area contributed by atoms with Crippen LogP contribution in [0.5, 0.6) is 5.75 Å². The second kappa shape index (κ2) is 9.47. The molecule has 0 bridgehead atoms. The van der Waals surface area contributed by atoms with Gasteiger partial charge in [0.25, 0.3) is 0 Å². The fourth-order valence-electron chi connectivity index (χ4n) is 3.63. The van der Waals surface area contributed by atoms with Crippen molar-refractivity contribution in [2.75, 3.05) is 32.7 Å². The van der Waals surface area contributed by atoms with Crippen molar-refractivity contribution in [2.45, 2.75) is 26.1 Å². The van der Waals surface area contributed by atoms with Crippen LogP contribution in [0.3, 0.4) is 0 Å². The number of nitrogens with one attached hydrogen (secondary N) is 1. The molecule has 1 fully saturated rings. The van der Waals surface area contributed by atoms with Gasteiger partial charge in [-0.05, 0) is 25.5 Å². The van der Waals surface area contributed by atoms with Crippen molar-refractivity contribution in [3.8, 4) is 5.75 Å². The molecule has 9 heteroatoms. The molecule has 1 aliphatic heterocycles. The van der Waals surface area contributed by atoms with E-state index in [2.05, 4.69) is 21.4 Å². The highest BCUT2D eigenvalue weighted by Gasteiger charge is 2.29. The third kappa shape index (κ3) is 5.61. The lowest BCUT2D eigenvalue weighted by molar-refractivity contribution is -0.0878. The molecule has 0 unspecified atom stereocenters. The van der Waals surface area contributed by atoms with Crippen molar-refractivity contribution in [3.63, 3.8) is 0 Å². The van der Waals surface area contributed by atoms with E-state index in [4.69, 9.17) is 0 Å². The Bertz CT molecular complexity index is 1040. The molecular formula is C22H27F3N4O2. The van der Waals surface area contributed by atoms with Crippen LogP contribution in [0.25, 0.3) is 11.0 Å². The summed E-state index contributed by atoms with van der Waals surface area (Å²) in [6.45, 7) is 9.48. The molecule has 6 nitrogen and oxygen atoms in total. The lowest BCUT2D eigenvalue weighted by Crippen LogP contribution is -2.46. The van der Waals surface area contributed by atoms with Crippen LogP contribution in [0.2, 0.25) is 0 Å². The molecule has 1 aromatic heterocycles. The predicted molar refractivity (Wildman–Crippen MR) is 115 cm³/mol. The number of aromatic nitrogens is 2. The Balaban J connectivity index is 1.48. The van der Waals surface area contributed by atoms with Gasteiger partial charge in [-0.1, -0.05) is 30.9 Å². The first-order valence-corrected chi connectivity index (χ1v) is 10.1. The van der Waals surface area contributed by atoms with Crippen LogP contribution in [0.4, 0.5) is 13.2 Å². The topological polar surface area (TPSA) is 64.5 Å². The monoisotopic (exact) mass is 436 g/mol. The first-order chi connectivity index (χ1) is 14.7. The van der Waals surface area contributed by atoms with Gasteiger partial charge in [-0.15, -0.1) is 0 Å². The Hall–Kier alpha value is -2.94. The summed E-state index contributed by atoms with van der Waals surface area (Å²) in [4.78, 5) is 19.4. The van der Waals surface area contributed by atoms with E-state index in [1.807, 2.05) is 13.0 Å². The highest BCUT2D eigenvalue weighted by atomic mass is 19.4. The summed E-state index contributed by atoms with van der Waals surface area (Å²) in [7, 11) is 0. The fraction of sp³-hybridized carbons (Fsp3) is 0.409. The number of aromatic amines is 1. The number of fused-ring (bicyclic) bond motifs is 1. The van der Waals surface area contributed by atoms with Crippen LogP contribution in [0, 0.1) is 0 Å². The largest absolute Gasteiger partial charge is 0.506 e. The Morgan fingerprint density at radius 1 is 1.23 bits per heavy atom. The van der Waals surface area contributed by atoms with Gasteiger partial charge in [0.2, 0.25) is 0 Å². The number of allylic oxidation sites excluding steroid dienone is 5.